The van der Waals surface area contributed by atoms with Crippen LogP contribution in [0.4, 0.5) is 10.9 Å². The minimum absolute atomic E-state index is 0.00376. The van der Waals surface area contributed by atoms with E-state index in [1.165, 1.54) is 20.7 Å². The zero-order chi connectivity index (χ0) is 16.4. The number of benzene rings is 1. The van der Waals surface area contributed by atoms with Crippen molar-refractivity contribution in [2.24, 2.45) is 0 Å². The molecule has 0 saturated heterocycles. The molecule has 0 fully saturated rings. The molecule has 0 atom stereocenters. The lowest BCUT2D eigenvalue weighted by Crippen LogP contribution is -2.14. The first-order chi connectivity index (χ1) is 11.0. The van der Waals surface area contributed by atoms with Crippen LogP contribution in [0.3, 0.4) is 0 Å². The molecule has 0 spiro atoms. The third-order valence-electron chi connectivity index (χ3n) is 3.07. The van der Waals surface area contributed by atoms with Crippen molar-refractivity contribution < 1.29 is 4.79 Å². The van der Waals surface area contributed by atoms with Crippen LogP contribution >= 0.6 is 35.2 Å². The average Bonchev–Trinajstić information content (AvgIpc) is 3.12. The average molecular weight is 366 g/mol. The Hall–Kier alpha value is -2.16. The van der Waals surface area contributed by atoms with Crippen LogP contribution in [0.5, 0.6) is 0 Å². The lowest BCUT2D eigenvalue weighted by molar-refractivity contribution is 0.0967. The Balaban J connectivity index is 1.82. The highest BCUT2D eigenvalue weighted by molar-refractivity contribution is 7.71. The Morgan fingerprint density at radius 1 is 1.35 bits per heavy atom. The van der Waals surface area contributed by atoms with Gasteiger partial charge >= 0.3 is 0 Å². The van der Waals surface area contributed by atoms with E-state index in [2.05, 4.69) is 10.5 Å². The van der Waals surface area contributed by atoms with E-state index in [-0.39, 0.29) is 18.3 Å². The van der Waals surface area contributed by atoms with Gasteiger partial charge in [-0.3, -0.25) is 10.2 Å². The van der Waals surface area contributed by atoms with Gasteiger partial charge in [0.05, 0.1) is 0 Å². The first-order valence-electron chi connectivity index (χ1n) is 6.59. The second-order valence-electron chi connectivity index (χ2n) is 4.65. The van der Waals surface area contributed by atoms with Crippen molar-refractivity contribution in [1.29, 1.82) is 0 Å². The largest absolute Gasteiger partial charge is 0.366 e. The number of Topliss-reactive ketones (excluding diaryl/α,β-unsaturated/α-hetero) is 1. The highest BCUT2D eigenvalue weighted by Crippen LogP contribution is 2.17. The quantitative estimate of drug-likeness (QED) is 0.534. The van der Waals surface area contributed by atoms with Gasteiger partial charge in [0.15, 0.2) is 5.78 Å². The van der Waals surface area contributed by atoms with E-state index in [9.17, 15) is 4.79 Å². The number of nitrogens with two attached hydrogens (primary N) is 1. The predicted octanol–water partition coefficient (Wildman–Crippen LogP) is 3.47. The summed E-state index contributed by atoms with van der Waals surface area (Å²) in [7, 11) is 0. The molecule has 3 aromatic rings. The van der Waals surface area contributed by atoms with Crippen molar-refractivity contribution >= 4 is 51.9 Å². The van der Waals surface area contributed by atoms with E-state index in [1.54, 1.807) is 24.3 Å². The maximum Gasteiger partial charge on any atom is 0.240 e. The first kappa shape index (κ1) is 15.7. The molecule has 0 aliphatic carbocycles. The lowest BCUT2D eigenvalue weighted by atomic mass is 10.1. The normalized spacial score (nSPS) is 10.7. The monoisotopic (exact) mass is 365 g/mol. The van der Waals surface area contributed by atoms with Crippen LogP contribution in [0.2, 0.25) is 5.02 Å². The summed E-state index contributed by atoms with van der Waals surface area (Å²) in [5.74, 6) is 0.0610. The number of hydrogen-bond acceptors (Lipinski definition) is 6. The van der Waals surface area contributed by atoms with Gasteiger partial charge in [-0.05, 0) is 54.0 Å². The molecule has 0 saturated carbocycles. The first-order valence-corrected chi connectivity index (χ1v) is 8.26. The van der Waals surface area contributed by atoms with Gasteiger partial charge < -0.3 is 5.73 Å². The molecule has 0 aliphatic heterocycles. The molecule has 2 heterocycles. The van der Waals surface area contributed by atoms with E-state index in [0.29, 0.717) is 15.4 Å². The van der Waals surface area contributed by atoms with Gasteiger partial charge in [-0.1, -0.05) is 11.6 Å². The van der Waals surface area contributed by atoms with E-state index in [1.807, 2.05) is 17.5 Å². The Bertz CT molecular complexity index is 883. The highest BCUT2D eigenvalue weighted by atomic mass is 35.5. The van der Waals surface area contributed by atoms with Gasteiger partial charge in [0, 0.05) is 10.6 Å². The van der Waals surface area contributed by atoms with Crippen LogP contribution in [0.15, 0.2) is 41.8 Å². The third-order valence-corrected chi connectivity index (χ3v) is 4.49. The number of nitrogens with zero attached hydrogens (tertiary/aromatic N) is 3. The zero-order valence-electron chi connectivity index (χ0n) is 11.8. The Labute approximate surface area is 146 Å². The van der Waals surface area contributed by atoms with Crippen LogP contribution in [-0.2, 0) is 6.54 Å². The molecule has 9 heteroatoms. The van der Waals surface area contributed by atoms with E-state index < -0.39 is 0 Å². The molecule has 6 nitrogen and oxygen atoms in total. The molecule has 1 aromatic carbocycles. The van der Waals surface area contributed by atoms with E-state index in [4.69, 9.17) is 29.6 Å². The summed E-state index contributed by atoms with van der Waals surface area (Å²) in [5.41, 5.74) is 9.46. The van der Waals surface area contributed by atoms with Crippen molar-refractivity contribution in [3.8, 4) is 0 Å². The number of carbonyl (C=O) groups excluding carboxylic acids is 1. The Morgan fingerprint density at radius 3 is 2.74 bits per heavy atom. The minimum Gasteiger partial charge on any atom is -0.366 e. The minimum atomic E-state index is -0.126. The fourth-order valence-electron chi connectivity index (χ4n) is 1.95. The van der Waals surface area contributed by atoms with Gasteiger partial charge in [0.2, 0.25) is 10.7 Å². The van der Waals surface area contributed by atoms with Crippen LogP contribution in [0, 0.1) is 4.77 Å². The number of rotatable bonds is 5. The van der Waals surface area contributed by atoms with Gasteiger partial charge in [-0.25, -0.2) is 4.68 Å². The molecule has 0 amide bonds. The van der Waals surface area contributed by atoms with Crippen LogP contribution in [0.25, 0.3) is 0 Å². The smallest absolute Gasteiger partial charge is 0.240 e. The van der Waals surface area contributed by atoms with Gasteiger partial charge in [-0.2, -0.15) is 4.68 Å². The van der Waals surface area contributed by atoms with Crippen LogP contribution in [-0.4, -0.2) is 20.2 Å². The second kappa shape index (κ2) is 6.53. The third kappa shape index (κ3) is 3.44. The second-order valence-corrected chi connectivity index (χ2v) is 6.40. The Kier molecular flexibility index (Phi) is 4.46. The number of anilines is 2. The molecule has 0 unspecified atom stereocenters. The molecule has 3 rings (SSSR count). The molecular weight excluding hydrogens is 354 g/mol. The van der Waals surface area contributed by atoms with Crippen molar-refractivity contribution in [2.75, 3.05) is 11.2 Å². The SMILES string of the molecule is Nc1nn(CC(=O)c2ccc(Cl)cc2)c(=S)n1Nc1cccs1. The summed E-state index contributed by atoms with van der Waals surface area (Å²) in [5, 5.41) is 7.50. The number of ketones is 1. The van der Waals surface area contributed by atoms with Gasteiger partial charge in [0.1, 0.15) is 11.5 Å². The summed E-state index contributed by atoms with van der Waals surface area (Å²) in [6, 6.07) is 10.5. The van der Waals surface area contributed by atoms with Gasteiger partial charge in [-0.15, -0.1) is 16.4 Å². The maximum absolute atomic E-state index is 12.3. The summed E-state index contributed by atoms with van der Waals surface area (Å²) < 4.78 is 3.18. The predicted molar refractivity (Wildman–Crippen MR) is 94.6 cm³/mol. The fraction of sp³-hybridized carbons (Fsp3) is 0.0714. The van der Waals surface area contributed by atoms with E-state index >= 15 is 0 Å². The number of thiophene rings is 1. The van der Waals surface area contributed by atoms with E-state index in [0.717, 1.165) is 5.00 Å². The molecule has 0 radical (unpaired) electrons. The molecule has 3 N–H and O–H groups in total. The van der Waals surface area contributed by atoms with Crippen LogP contribution < -0.4 is 11.2 Å². The standard InChI is InChI=1S/C14H12ClN5OS2/c15-10-5-3-9(4-6-10)11(21)8-19-14(22)20(13(16)18-19)17-12-2-1-7-23-12/h1-7,17H,8H2,(H2,16,18). The number of nitrogen functional groups attached to an aromatic ring is 1. The van der Waals surface area contributed by atoms with Crippen LogP contribution in [0.1, 0.15) is 10.4 Å². The summed E-state index contributed by atoms with van der Waals surface area (Å²) in [6.07, 6.45) is 0. The molecule has 118 valence electrons. The number of nitrogens with one attached hydrogen (secondary N) is 1. The number of hydrogen-bond donors (Lipinski definition) is 2. The molecule has 0 bridgehead atoms. The van der Waals surface area contributed by atoms with Crippen molar-refractivity contribution in [1.82, 2.24) is 14.5 Å². The number of aromatic nitrogens is 3. The highest BCUT2D eigenvalue weighted by Gasteiger charge is 2.13. The Morgan fingerprint density at radius 2 is 2.09 bits per heavy atom. The molecule has 0 aliphatic rings. The summed E-state index contributed by atoms with van der Waals surface area (Å²) >= 11 is 12.7. The van der Waals surface area contributed by atoms with Crippen molar-refractivity contribution in [3.63, 3.8) is 0 Å². The maximum atomic E-state index is 12.3. The van der Waals surface area contributed by atoms with Crippen molar-refractivity contribution in [3.05, 3.63) is 57.1 Å². The topological polar surface area (TPSA) is 77.9 Å². The number of halogens is 1. The summed E-state index contributed by atoms with van der Waals surface area (Å²) in [6.45, 7) is 0.00376. The lowest BCUT2D eigenvalue weighted by Gasteiger charge is -2.04. The van der Waals surface area contributed by atoms with Gasteiger partial charge in [0.25, 0.3) is 0 Å². The molecule has 23 heavy (non-hydrogen) atoms. The summed E-state index contributed by atoms with van der Waals surface area (Å²) in [4.78, 5) is 12.3. The molecular formula is C14H12ClN5OS2. The zero-order valence-corrected chi connectivity index (χ0v) is 14.2. The molecule has 2 aromatic heterocycles. The number of carbonyl (C=O) groups is 1. The fourth-order valence-corrected chi connectivity index (χ4v) is 2.92. The van der Waals surface area contributed by atoms with Crippen molar-refractivity contribution in [2.45, 2.75) is 6.54 Å².